The minimum Gasteiger partial charge on any atom is -0.465 e. The van der Waals surface area contributed by atoms with Crippen LogP contribution in [0.5, 0.6) is 0 Å². The molecular formula is C31H41N5O6. The van der Waals surface area contributed by atoms with Crippen LogP contribution < -0.4 is 0 Å². The van der Waals surface area contributed by atoms with Crippen LogP contribution in [0.3, 0.4) is 0 Å². The number of aliphatic hydroxyl groups excluding tert-OH is 1. The third-order valence-electron chi connectivity index (χ3n) is 9.21. The number of ether oxygens (including phenoxy) is 2. The zero-order chi connectivity index (χ0) is 30.1. The number of aromatic nitrogens is 3. The summed E-state index contributed by atoms with van der Waals surface area (Å²) in [6.07, 6.45) is 7.19. The third-order valence-corrected chi connectivity index (χ3v) is 9.21. The minimum atomic E-state index is -1.22. The molecule has 0 radical (unpaired) electrons. The Kier molecular flexibility index (Phi) is 8.52. The van der Waals surface area contributed by atoms with E-state index in [1.54, 1.807) is 15.7 Å². The molecule has 11 heteroatoms. The number of benzene rings is 1. The molecule has 2 unspecified atom stereocenters. The predicted octanol–water partition coefficient (Wildman–Crippen LogP) is 2.84. The summed E-state index contributed by atoms with van der Waals surface area (Å²) in [5.74, 6) is -2.90. The first-order valence-corrected chi connectivity index (χ1v) is 14.8. The van der Waals surface area contributed by atoms with Crippen molar-refractivity contribution in [2.24, 2.45) is 11.8 Å². The molecule has 226 valence electrons. The van der Waals surface area contributed by atoms with Crippen LogP contribution in [0, 0.1) is 11.8 Å². The number of hydrogen-bond donors (Lipinski definition) is 1. The highest BCUT2D eigenvalue weighted by Gasteiger charge is 2.79. The number of carbonyl (C=O) groups is 3. The van der Waals surface area contributed by atoms with Gasteiger partial charge in [0, 0.05) is 6.54 Å². The van der Waals surface area contributed by atoms with Crippen molar-refractivity contribution in [3.05, 3.63) is 49.6 Å². The van der Waals surface area contributed by atoms with Gasteiger partial charge in [0.2, 0.25) is 11.8 Å². The molecule has 0 aliphatic carbocycles. The predicted molar refractivity (Wildman–Crippen MR) is 155 cm³/mol. The van der Waals surface area contributed by atoms with E-state index in [9.17, 15) is 19.5 Å². The third kappa shape index (κ3) is 4.82. The molecule has 4 heterocycles. The molecule has 5 rings (SSSR count). The number of nitrogens with zero attached hydrogens (tertiary/aromatic N) is 5. The maximum atomic E-state index is 14.6. The Bertz CT molecular complexity index is 1360. The normalized spacial score (nSPS) is 28.6. The largest absolute Gasteiger partial charge is 0.465 e. The van der Waals surface area contributed by atoms with E-state index in [4.69, 9.17) is 9.47 Å². The maximum absolute atomic E-state index is 14.6. The Labute approximate surface area is 246 Å². The van der Waals surface area contributed by atoms with E-state index in [0.717, 1.165) is 18.4 Å². The number of carbonyl (C=O) groups excluding carboxylic acids is 3. The summed E-state index contributed by atoms with van der Waals surface area (Å²) >= 11 is 0. The molecule has 3 aliphatic rings. The van der Waals surface area contributed by atoms with Gasteiger partial charge in [-0.05, 0) is 57.6 Å². The molecule has 1 aromatic heterocycles. The smallest absolute Gasteiger partial charge is 0.312 e. The molecule has 2 aromatic rings. The zero-order valence-electron chi connectivity index (χ0n) is 24.5. The van der Waals surface area contributed by atoms with E-state index < -0.39 is 41.1 Å². The summed E-state index contributed by atoms with van der Waals surface area (Å²) in [5, 5.41) is 18.8. The van der Waals surface area contributed by atoms with Crippen LogP contribution in [0.15, 0.2) is 49.6 Å². The SMILES string of the molecule is C=CCCCCOC(=O)[C@H]1[C@H]2C(=O)N([C@@H](CC)CO)C(C(=O)N(CC=C)Cn3nnc4ccccc43)C23CC[C@]1(C)O3. The molecule has 11 nitrogen and oxygen atoms in total. The standard InChI is InChI=1S/C31H41N5O6/c1-5-8-9-12-18-41-29(40)25-24-27(38)36(21(7-3)19-37)26(31(24)16-15-30(25,4)42-31)28(39)34(17-6-2)20-35-23-14-11-10-13-22(23)32-33-35/h5-6,10-11,13-14,21,24-26,37H,1-2,7-9,12,15-20H2,3-4H3/t21-,24-,25+,26?,30-,31?/m0/s1. The van der Waals surface area contributed by atoms with Gasteiger partial charge in [-0.2, -0.15) is 0 Å². The van der Waals surface area contributed by atoms with Crippen LogP contribution in [0.4, 0.5) is 0 Å². The zero-order valence-corrected chi connectivity index (χ0v) is 24.5. The van der Waals surface area contributed by atoms with Crippen molar-refractivity contribution in [3.63, 3.8) is 0 Å². The van der Waals surface area contributed by atoms with E-state index in [1.807, 2.05) is 44.2 Å². The van der Waals surface area contributed by atoms with Crippen molar-refractivity contribution in [2.45, 2.75) is 82.3 Å². The molecule has 3 saturated heterocycles. The molecule has 3 fully saturated rings. The number of rotatable bonds is 14. The Morgan fingerprint density at radius 3 is 2.76 bits per heavy atom. The maximum Gasteiger partial charge on any atom is 0.312 e. The number of amides is 2. The van der Waals surface area contributed by atoms with Gasteiger partial charge in [-0.3, -0.25) is 14.4 Å². The van der Waals surface area contributed by atoms with Crippen LogP contribution in [-0.2, 0) is 30.5 Å². The van der Waals surface area contributed by atoms with Gasteiger partial charge in [-0.15, -0.1) is 18.3 Å². The lowest BCUT2D eigenvalue weighted by Gasteiger charge is -2.39. The first-order chi connectivity index (χ1) is 20.3. The second-order valence-corrected chi connectivity index (χ2v) is 11.7. The van der Waals surface area contributed by atoms with Crippen LogP contribution in [-0.4, -0.2) is 90.7 Å². The average molecular weight is 580 g/mol. The number of para-hydroxylation sites is 1. The number of fused-ring (bicyclic) bond motifs is 2. The fraction of sp³-hybridized carbons (Fsp3) is 0.581. The van der Waals surface area contributed by atoms with Crippen molar-refractivity contribution in [3.8, 4) is 0 Å². The van der Waals surface area contributed by atoms with Crippen molar-refractivity contribution in [1.29, 1.82) is 0 Å². The van der Waals surface area contributed by atoms with Crippen molar-refractivity contribution >= 4 is 28.8 Å². The number of hydrogen-bond acceptors (Lipinski definition) is 8. The molecule has 0 saturated carbocycles. The monoisotopic (exact) mass is 579 g/mol. The Hall–Kier alpha value is -3.57. The Morgan fingerprint density at radius 1 is 1.26 bits per heavy atom. The van der Waals surface area contributed by atoms with Gasteiger partial charge in [0.15, 0.2) is 0 Å². The molecule has 6 atom stereocenters. The lowest BCUT2D eigenvalue weighted by atomic mass is 9.66. The summed E-state index contributed by atoms with van der Waals surface area (Å²) in [7, 11) is 0. The number of allylic oxidation sites excluding steroid dienone is 1. The van der Waals surface area contributed by atoms with Crippen LogP contribution in [0.2, 0.25) is 0 Å². The highest BCUT2D eigenvalue weighted by atomic mass is 16.6. The summed E-state index contributed by atoms with van der Waals surface area (Å²) < 4.78 is 14.0. The number of likely N-dealkylation sites (tertiary alicyclic amines) is 1. The van der Waals surface area contributed by atoms with Gasteiger partial charge < -0.3 is 24.4 Å². The van der Waals surface area contributed by atoms with E-state index >= 15 is 0 Å². The molecule has 42 heavy (non-hydrogen) atoms. The molecule has 1 spiro atoms. The van der Waals surface area contributed by atoms with Gasteiger partial charge >= 0.3 is 5.97 Å². The first-order valence-electron chi connectivity index (χ1n) is 14.8. The summed E-state index contributed by atoms with van der Waals surface area (Å²) in [6.45, 7) is 11.5. The summed E-state index contributed by atoms with van der Waals surface area (Å²) in [4.78, 5) is 45.5. The Morgan fingerprint density at radius 2 is 2.05 bits per heavy atom. The number of esters is 1. The van der Waals surface area contributed by atoms with E-state index in [-0.39, 0.29) is 38.2 Å². The lowest BCUT2D eigenvalue weighted by Crippen LogP contribution is -2.59. The van der Waals surface area contributed by atoms with E-state index in [2.05, 4.69) is 23.5 Å². The molecule has 1 N–H and O–H groups in total. The highest BCUT2D eigenvalue weighted by Crippen LogP contribution is 2.63. The fourth-order valence-corrected chi connectivity index (χ4v) is 7.19. The number of aliphatic hydroxyl groups is 1. The van der Waals surface area contributed by atoms with Crippen molar-refractivity contribution in [2.75, 3.05) is 19.8 Å². The highest BCUT2D eigenvalue weighted by molar-refractivity contribution is 5.98. The van der Waals surface area contributed by atoms with Gasteiger partial charge in [0.05, 0.1) is 36.3 Å². The molecule has 2 bridgehead atoms. The second-order valence-electron chi connectivity index (χ2n) is 11.7. The van der Waals surface area contributed by atoms with Gasteiger partial charge in [-0.25, -0.2) is 4.68 Å². The number of unbranched alkanes of at least 4 members (excludes halogenated alkanes) is 2. The van der Waals surface area contributed by atoms with Gasteiger partial charge in [-0.1, -0.05) is 36.4 Å². The van der Waals surface area contributed by atoms with Crippen LogP contribution in [0.25, 0.3) is 11.0 Å². The molecule has 3 aliphatic heterocycles. The van der Waals surface area contributed by atoms with Gasteiger partial charge in [0.25, 0.3) is 0 Å². The molecule has 2 amide bonds. The molecule has 1 aromatic carbocycles. The fourth-order valence-electron chi connectivity index (χ4n) is 7.19. The van der Waals surface area contributed by atoms with Gasteiger partial charge in [0.1, 0.15) is 29.7 Å². The Balaban J connectivity index is 1.49. The quantitative estimate of drug-likeness (QED) is 0.206. The minimum absolute atomic E-state index is 0.0774. The van der Waals surface area contributed by atoms with Crippen molar-refractivity contribution < 1.29 is 29.0 Å². The topological polar surface area (TPSA) is 127 Å². The summed E-state index contributed by atoms with van der Waals surface area (Å²) in [6, 6.07) is 5.81. The lowest BCUT2D eigenvalue weighted by molar-refractivity contribution is -0.162. The summed E-state index contributed by atoms with van der Waals surface area (Å²) in [5.41, 5.74) is -0.696. The van der Waals surface area contributed by atoms with Crippen LogP contribution in [0.1, 0.15) is 52.4 Å². The average Bonchev–Trinajstić information content (AvgIpc) is 3.69. The van der Waals surface area contributed by atoms with E-state index in [1.165, 1.54) is 4.90 Å². The molecular weight excluding hydrogens is 538 g/mol. The van der Waals surface area contributed by atoms with E-state index in [0.29, 0.717) is 31.2 Å². The van der Waals surface area contributed by atoms with Crippen molar-refractivity contribution in [1.82, 2.24) is 24.8 Å². The first kappa shape index (κ1) is 29.9. The van der Waals surface area contributed by atoms with Crippen LogP contribution >= 0.6 is 0 Å². The second kappa shape index (κ2) is 12.0.